The van der Waals surface area contributed by atoms with Crippen LogP contribution >= 0.6 is 15.9 Å². The van der Waals surface area contributed by atoms with E-state index in [-0.39, 0.29) is 16.3 Å². The lowest BCUT2D eigenvalue weighted by atomic mass is 10.1. The first-order chi connectivity index (χ1) is 8.41. The molecule has 0 saturated heterocycles. The zero-order valence-corrected chi connectivity index (χ0v) is 11.3. The number of benzene rings is 1. The Labute approximate surface area is 111 Å². The van der Waals surface area contributed by atoms with Gasteiger partial charge in [0.2, 0.25) is 5.88 Å². The van der Waals surface area contributed by atoms with E-state index in [4.69, 9.17) is 0 Å². The van der Waals surface area contributed by atoms with E-state index in [9.17, 15) is 13.9 Å². The van der Waals surface area contributed by atoms with Crippen molar-refractivity contribution in [2.45, 2.75) is 19.8 Å². The number of nitrogens with zero attached hydrogens (tertiary/aromatic N) is 1. The van der Waals surface area contributed by atoms with Crippen LogP contribution < -0.4 is 0 Å². The SMILES string of the molecule is CC(C)c1[nH]c(-c2ccc(F)c(F)c2Br)nc1O. The van der Waals surface area contributed by atoms with Crippen molar-refractivity contribution in [3.05, 3.63) is 33.9 Å². The summed E-state index contributed by atoms with van der Waals surface area (Å²) in [4.78, 5) is 6.82. The highest BCUT2D eigenvalue weighted by atomic mass is 79.9. The largest absolute Gasteiger partial charge is 0.492 e. The van der Waals surface area contributed by atoms with Gasteiger partial charge in [0.05, 0.1) is 10.2 Å². The number of nitrogens with one attached hydrogen (secondary N) is 1. The number of aromatic amines is 1. The monoisotopic (exact) mass is 316 g/mol. The van der Waals surface area contributed by atoms with Crippen LogP contribution in [0.2, 0.25) is 0 Å². The molecule has 0 atom stereocenters. The molecule has 18 heavy (non-hydrogen) atoms. The quantitative estimate of drug-likeness (QED) is 0.824. The van der Waals surface area contributed by atoms with Crippen molar-refractivity contribution in [2.75, 3.05) is 0 Å². The van der Waals surface area contributed by atoms with Crippen LogP contribution in [-0.4, -0.2) is 15.1 Å². The first kappa shape index (κ1) is 13.0. The van der Waals surface area contributed by atoms with Gasteiger partial charge in [-0.3, -0.25) is 0 Å². The summed E-state index contributed by atoms with van der Waals surface area (Å²) in [5.74, 6) is -1.70. The average molecular weight is 317 g/mol. The molecule has 0 aliphatic heterocycles. The third kappa shape index (κ3) is 2.12. The highest BCUT2D eigenvalue weighted by Gasteiger charge is 2.18. The van der Waals surface area contributed by atoms with Crippen molar-refractivity contribution in [2.24, 2.45) is 0 Å². The molecular formula is C12H11BrF2N2O. The summed E-state index contributed by atoms with van der Waals surface area (Å²) in [7, 11) is 0. The minimum Gasteiger partial charge on any atom is -0.492 e. The van der Waals surface area contributed by atoms with Crippen LogP contribution in [0.15, 0.2) is 16.6 Å². The Morgan fingerprint density at radius 2 is 2.00 bits per heavy atom. The molecule has 0 unspecified atom stereocenters. The molecule has 0 radical (unpaired) electrons. The average Bonchev–Trinajstić information content (AvgIpc) is 2.68. The minimum absolute atomic E-state index is 0.0217. The van der Waals surface area contributed by atoms with Gasteiger partial charge in [0, 0.05) is 5.56 Å². The normalized spacial score (nSPS) is 11.2. The maximum atomic E-state index is 13.4. The predicted molar refractivity (Wildman–Crippen MR) is 67.4 cm³/mol. The van der Waals surface area contributed by atoms with Gasteiger partial charge in [-0.05, 0) is 34.0 Å². The summed E-state index contributed by atoms with van der Waals surface area (Å²) in [6.45, 7) is 3.77. The highest BCUT2D eigenvalue weighted by molar-refractivity contribution is 9.10. The van der Waals surface area contributed by atoms with E-state index in [1.807, 2.05) is 13.8 Å². The van der Waals surface area contributed by atoms with Gasteiger partial charge in [-0.2, -0.15) is 4.98 Å². The summed E-state index contributed by atoms with van der Waals surface area (Å²) in [5.41, 5.74) is 0.915. The van der Waals surface area contributed by atoms with Crippen molar-refractivity contribution < 1.29 is 13.9 Å². The number of H-pyrrole nitrogens is 1. The van der Waals surface area contributed by atoms with Crippen LogP contribution in [-0.2, 0) is 0 Å². The maximum Gasteiger partial charge on any atom is 0.233 e. The van der Waals surface area contributed by atoms with Gasteiger partial charge in [0.25, 0.3) is 0 Å². The number of rotatable bonds is 2. The Balaban J connectivity index is 2.56. The lowest BCUT2D eigenvalue weighted by Gasteiger charge is -2.03. The molecule has 2 aromatic rings. The molecule has 0 bridgehead atoms. The zero-order valence-electron chi connectivity index (χ0n) is 9.76. The van der Waals surface area contributed by atoms with E-state index in [0.717, 1.165) is 6.07 Å². The summed E-state index contributed by atoms with van der Waals surface area (Å²) < 4.78 is 26.4. The standard InChI is InChI=1S/C12H11BrF2N2O/c1-5(2)10-12(18)17-11(16-10)6-3-4-7(14)9(15)8(6)13/h3-5,18H,1-2H3,(H,16,17). The molecule has 2 N–H and O–H groups in total. The molecule has 0 amide bonds. The summed E-state index contributed by atoms with van der Waals surface area (Å²) in [5, 5.41) is 9.65. The molecule has 0 saturated carbocycles. The third-order valence-electron chi connectivity index (χ3n) is 2.58. The van der Waals surface area contributed by atoms with E-state index in [2.05, 4.69) is 25.9 Å². The molecule has 1 aromatic carbocycles. The number of halogens is 3. The van der Waals surface area contributed by atoms with Crippen LogP contribution in [0.4, 0.5) is 8.78 Å². The molecule has 3 nitrogen and oxygen atoms in total. The van der Waals surface area contributed by atoms with E-state index >= 15 is 0 Å². The Kier molecular flexibility index (Phi) is 3.38. The molecule has 2 rings (SSSR count). The highest BCUT2D eigenvalue weighted by Crippen LogP contribution is 2.33. The van der Waals surface area contributed by atoms with E-state index < -0.39 is 11.6 Å². The van der Waals surface area contributed by atoms with Gasteiger partial charge in [-0.25, -0.2) is 8.78 Å². The van der Waals surface area contributed by atoms with Crippen molar-refractivity contribution in [1.29, 1.82) is 0 Å². The molecule has 0 aliphatic rings. The van der Waals surface area contributed by atoms with Crippen LogP contribution in [0.3, 0.4) is 0 Å². The van der Waals surface area contributed by atoms with Crippen molar-refractivity contribution in [3.63, 3.8) is 0 Å². The van der Waals surface area contributed by atoms with Crippen LogP contribution in [0.25, 0.3) is 11.4 Å². The molecule has 0 spiro atoms. The number of hydrogen-bond donors (Lipinski definition) is 2. The fourth-order valence-electron chi connectivity index (χ4n) is 1.62. The Hall–Kier alpha value is -1.43. The maximum absolute atomic E-state index is 13.4. The van der Waals surface area contributed by atoms with Crippen molar-refractivity contribution in [3.8, 4) is 17.3 Å². The topological polar surface area (TPSA) is 48.9 Å². The number of aromatic hydroxyl groups is 1. The molecule has 0 aliphatic carbocycles. The van der Waals surface area contributed by atoms with Gasteiger partial charge in [-0.15, -0.1) is 0 Å². The van der Waals surface area contributed by atoms with Gasteiger partial charge in [-0.1, -0.05) is 13.8 Å². The second-order valence-electron chi connectivity index (χ2n) is 4.20. The van der Waals surface area contributed by atoms with Crippen molar-refractivity contribution in [1.82, 2.24) is 9.97 Å². The van der Waals surface area contributed by atoms with Crippen molar-refractivity contribution >= 4 is 15.9 Å². The number of aromatic nitrogens is 2. The molecule has 0 fully saturated rings. The van der Waals surface area contributed by atoms with Crippen LogP contribution in [0.1, 0.15) is 25.5 Å². The van der Waals surface area contributed by atoms with Gasteiger partial charge in [0.15, 0.2) is 11.6 Å². The van der Waals surface area contributed by atoms with Gasteiger partial charge >= 0.3 is 0 Å². The molecular weight excluding hydrogens is 306 g/mol. The van der Waals surface area contributed by atoms with E-state index in [0.29, 0.717) is 17.1 Å². The van der Waals surface area contributed by atoms with Gasteiger partial charge in [0.1, 0.15) is 5.82 Å². The van der Waals surface area contributed by atoms with E-state index in [1.165, 1.54) is 6.07 Å². The van der Waals surface area contributed by atoms with Gasteiger partial charge < -0.3 is 10.1 Å². The van der Waals surface area contributed by atoms with E-state index in [1.54, 1.807) is 0 Å². The Morgan fingerprint density at radius 1 is 1.33 bits per heavy atom. The first-order valence-electron chi connectivity index (χ1n) is 5.34. The van der Waals surface area contributed by atoms with Crippen LogP contribution in [0.5, 0.6) is 5.88 Å². The minimum atomic E-state index is -0.977. The third-order valence-corrected chi connectivity index (χ3v) is 3.35. The first-order valence-corrected chi connectivity index (χ1v) is 6.13. The lowest BCUT2D eigenvalue weighted by molar-refractivity contribution is 0.446. The molecule has 96 valence electrons. The number of imidazole rings is 1. The summed E-state index contributed by atoms with van der Waals surface area (Å²) >= 11 is 2.98. The Morgan fingerprint density at radius 3 is 2.56 bits per heavy atom. The predicted octanol–water partition coefficient (Wildman–Crippen LogP) is 3.95. The lowest BCUT2D eigenvalue weighted by Crippen LogP contribution is -1.91. The molecule has 1 aromatic heterocycles. The Bertz CT molecular complexity index is 596. The second kappa shape index (κ2) is 4.68. The van der Waals surface area contributed by atoms with Crippen LogP contribution in [0, 0.1) is 11.6 Å². The summed E-state index contributed by atoms with van der Waals surface area (Å²) in [6, 6.07) is 2.41. The number of hydrogen-bond acceptors (Lipinski definition) is 2. The molecule has 1 heterocycles. The molecule has 6 heteroatoms. The second-order valence-corrected chi connectivity index (χ2v) is 4.99. The summed E-state index contributed by atoms with van der Waals surface area (Å²) in [6.07, 6.45) is 0. The fraction of sp³-hybridized carbons (Fsp3) is 0.250. The smallest absolute Gasteiger partial charge is 0.233 e. The zero-order chi connectivity index (χ0) is 13.4. The fourth-order valence-corrected chi connectivity index (χ4v) is 2.13.